The maximum absolute atomic E-state index is 12.6. The zero-order valence-electron chi connectivity index (χ0n) is 15.6. The van der Waals surface area contributed by atoms with Crippen molar-refractivity contribution in [1.82, 2.24) is 23.7 Å². The first-order valence-corrected chi connectivity index (χ1v) is 10.4. The molecule has 0 amide bonds. The van der Waals surface area contributed by atoms with Gasteiger partial charge in [0.05, 0.1) is 6.04 Å². The molecule has 25 heavy (non-hydrogen) atoms. The molecule has 2 fully saturated rings. The monoisotopic (exact) mass is 371 g/mol. The molecule has 3 heterocycles. The van der Waals surface area contributed by atoms with Crippen LogP contribution in [0.5, 0.6) is 0 Å². The highest BCUT2D eigenvalue weighted by Gasteiger charge is 2.35. The largest absolute Gasteiger partial charge is 0.338 e. The second-order valence-electron chi connectivity index (χ2n) is 7.93. The molecular formula is C16H29N5O3S. The van der Waals surface area contributed by atoms with Gasteiger partial charge >= 0.3 is 0 Å². The van der Waals surface area contributed by atoms with Gasteiger partial charge in [-0.3, -0.25) is 4.90 Å². The quantitative estimate of drug-likeness (QED) is 0.795. The van der Waals surface area contributed by atoms with E-state index in [0.29, 0.717) is 51.0 Å². The molecule has 2 aliphatic heterocycles. The maximum atomic E-state index is 12.6. The predicted molar refractivity (Wildman–Crippen MR) is 94.3 cm³/mol. The van der Waals surface area contributed by atoms with Gasteiger partial charge in [-0.2, -0.15) is 22.0 Å². The van der Waals surface area contributed by atoms with Crippen LogP contribution in [0.4, 0.5) is 0 Å². The van der Waals surface area contributed by atoms with E-state index in [9.17, 15) is 8.42 Å². The topological polar surface area (TPSA) is 82.8 Å². The third-order valence-corrected chi connectivity index (χ3v) is 7.04. The number of rotatable bonds is 4. The average Bonchev–Trinajstić information content (AvgIpc) is 3.25. The smallest absolute Gasteiger partial charge is 0.282 e. The summed E-state index contributed by atoms with van der Waals surface area (Å²) in [6.07, 6.45) is 1.92. The van der Waals surface area contributed by atoms with Crippen molar-refractivity contribution in [3.8, 4) is 0 Å². The van der Waals surface area contributed by atoms with Gasteiger partial charge in [0.1, 0.15) is 0 Å². The SMILES string of the molecule is CC(c1nc(C(C)(C)C)no1)N1CCN(S(=O)(=O)N2CCCC2)CC1. The minimum Gasteiger partial charge on any atom is -0.338 e. The van der Waals surface area contributed by atoms with Gasteiger partial charge in [-0.25, -0.2) is 0 Å². The van der Waals surface area contributed by atoms with Crippen molar-refractivity contribution < 1.29 is 12.9 Å². The van der Waals surface area contributed by atoms with E-state index in [1.807, 2.05) is 27.7 Å². The lowest BCUT2D eigenvalue weighted by molar-refractivity contribution is 0.121. The van der Waals surface area contributed by atoms with Gasteiger partial charge in [0.2, 0.25) is 5.89 Å². The number of hydrogen-bond acceptors (Lipinski definition) is 6. The maximum Gasteiger partial charge on any atom is 0.282 e. The van der Waals surface area contributed by atoms with E-state index >= 15 is 0 Å². The highest BCUT2D eigenvalue weighted by molar-refractivity contribution is 7.86. The first-order valence-electron chi connectivity index (χ1n) is 9.03. The highest BCUT2D eigenvalue weighted by Crippen LogP contribution is 2.25. The summed E-state index contributed by atoms with van der Waals surface area (Å²) < 4.78 is 33.9. The Morgan fingerprint density at radius 1 is 1.00 bits per heavy atom. The Bertz CT molecular complexity index is 683. The number of hydrogen-bond donors (Lipinski definition) is 0. The molecule has 2 saturated heterocycles. The van der Waals surface area contributed by atoms with Crippen LogP contribution >= 0.6 is 0 Å². The Morgan fingerprint density at radius 3 is 2.08 bits per heavy atom. The van der Waals surface area contributed by atoms with E-state index in [1.54, 1.807) is 8.61 Å². The summed E-state index contributed by atoms with van der Waals surface area (Å²) >= 11 is 0. The third-order valence-electron chi connectivity index (χ3n) is 5.01. The molecule has 0 radical (unpaired) electrons. The number of nitrogens with zero attached hydrogens (tertiary/aromatic N) is 5. The second-order valence-corrected chi connectivity index (χ2v) is 9.86. The zero-order chi connectivity index (χ0) is 18.2. The zero-order valence-corrected chi connectivity index (χ0v) is 16.4. The van der Waals surface area contributed by atoms with Crippen LogP contribution in [0.2, 0.25) is 0 Å². The minimum absolute atomic E-state index is 0.0137. The Labute approximate surface area is 150 Å². The number of piperazine rings is 1. The Kier molecular flexibility index (Phi) is 5.21. The van der Waals surface area contributed by atoms with Crippen LogP contribution in [0.15, 0.2) is 4.52 Å². The predicted octanol–water partition coefficient (Wildman–Crippen LogP) is 1.39. The Balaban J connectivity index is 1.61. The molecule has 0 spiro atoms. The van der Waals surface area contributed by atoms with E-state index in [1.165, 1.54) is 0 Å². The molecule has 9 heteroatoms. The van der Waals surface area contributed by atoms with Crippen LogP contribution in [0, 0.1) is 0 Å². The molecular weight excluding hydrogens is 342 g/mol. The standard InChI is InChI=1S/C16H29N5O3S/c1-13(14-17-15(18-24-14)16(2,3)4)19-9-11-21(12-10-19)25(22,23)20-7-5-6-8-20/h13H,5-12H2,1-4H3. The molecule has 2 aliphatic rings. The van der Waals surface area contributed by atoms with Crippen molar-refractivity contribution in [2.45, 2.75) is 52.0 Å². The Morgan fingerprint density at radius 2 is 1.56 bits per heavy atom. The minimum atomic E-state index is -3.30. The molecule has 3 rings (SSSR count). The third kappa shape index (κ3) is 3.89. The summed E-state index contributed by atoms with van der Waals surface area (Å²) in [6, 6.07) is -0.0137. The van der Waals surface area contributed by atoms with Crippen LogP contribution in [-0.2, 0) is 15.6 Å². The van der Waals surface area contributed by atoms with E-state index in [2.05, 4.69) is 15.0 Å². The molecule has 8 nitrogen and oxygen atoms in total. The van der Waals surface area contributed by atoms with Gasteiger partial charge in [-0.05, 0) is 19.8 Å². The number of aromatic nitrogens is 2. The normalized spacial score (nSPS) is 23.2. The van der Waals surface area contributed by atoms with Gasteiger partial charge in [-0.15, -0.1) is 0 Å². The van der Waals surface area contributed by atoms with Crippen molar-refractivity contribution in [3.63, 3.8) is 0 Å². The first-order chi connectivity index (χ1) is 11.7. The van der Waals surface area contributed by atoms with Gasteiger partial charge in [0, 0.05) is 44.7 Å². The summed E-state index contributed by atoms with van der Waals surface area (Å²) in [5.74, 6) is 1.30. The first kappa shape index (κ1) is 18.8. The molecule has 1 atom stereocenters. The molecule has 1 aromatic rings. The van der Waals surface area contributed by atoms with Crippen molar-refractivity contribution in [2.24, 2.45) is 0 Å². The lowest BCUT2D eigenvalue weighted by atomic mass is 9.96. The van der Waals surface area contributed by atoms with Crippen LogP contribution < -0.4 is 0 Å². The summed E-state index contributed by atoms with van der Waals surface area (Å²) in [4.78, 5) is 6.73. The van der Waals surface area contributed by atoms with E-state index in [4.69, 9.17) is 4.52 Å². The van der Waals surface area contributed by atoms with E-state index in [-0.39, 0.29) is 11.5 Å². The van der Waals surface area contributed by atoms with Gasteiger partial charge in [0.15, 0.2) is 5.82 Å². The van der Waals surface area contributed by atoms with Gasteiger partial charge in [-0.1, -0.05) is 25.9 Å². The fourth-order valence-corrected chi connectivity index (χ4v) is 4.94. The van der Waals surface area contributed by atoms with Crippen molar-refractivity contribution in [3.05, 3.63) is 11.7 Å². The van der Waals surface area contributed by atoms with Crippen LogP contribution in [0.1, 0.15) is 58.3 Å². The fourth-order valence-electron chi connectivity index (χ4n) is 3.27. The van der Waals surface area contributed by atoms with Gasteiger partial charge in [0.25, 0.3) is 10.2 Å². The summed E-state index contributed by atoms with van der Waals surface area (Å²) in [5.41, 5.74) is -0.149. The molecule has 0 aromatic carbocycles. The fraction of sp³-hybridized carbons (Fsp3) is 0.875. The molecule has 0 aliphatic carbocycles. The summed E-state index contributed by atoms with van der Waals surface area (Å²) in [5, 5.41) is 4.08. The molecule has 0 saturated carbocycles. The van der Waals surface area contributed by atoms with Crippen molar-refractivity contribution >= 4 is 10.2 Å². The molecule has 0 bridgehead atoms. The highest BCUT2D eigenvalue weighted by atomic mass is 32.2. The van der Waals surface area contributed by atoms with Crippen molar-refractivity contribution in [1.29, 1.82) is 0 Å². The van der Waals surface area contributed by atoms with Crippen LogP contribution in [0.25, 0.3) is 0 Å². The van der Waals surface area contributed by atoms with Crippen molar-refractivity contribution in [2.75, 3.05) is 39.3 Å². The lowest BCUT2D eigenvalue weighted by Gasteiger charge is -2.37. The molecule has 1 unspecified atom stereocenters. The van der Waals surface area contributed by atoms with Gasteiger partial charge < -0.3 is 4.52 Å². The average molecular weight is 372 g/mol. The lowest BCUT2D eigenvalue weighted by Crippen LogP contribution is -2.52. The molecule has 1 aromatic heterocycles. The van der Waals surface area contributed by atoms with E-state index in [0.717, 1.165) is 12.8 Å². The molecule has 0 N–H and O–H groups in total. The van der Waals surface area contributed by atoms with Crippen LogP contribution in [-0.4, -0.2) is 71.3 Å². The molecule has 142 valence electrons. The Hall–Kier alpha value is -1.03. The summed E-state index contributed by atoms with van der Waals surface area (Å²) in [7, 11) is -3.30. The summed E-state index contributed by atoms with van der Waals surface area (Å²) in [6.45, 7) is 11.8. The second kappa shape index (κ2) is 6.94. The van der Waals surface area contributed by atoms with Crippen LogP contribution in [0.3, 0.4) is 0 Å². The van der Waals surface area contributed by atoms with E-state index < -0.39 is 10.2 Å².